The van der Waals surface area contributed by atoms with E-state index in [1.54, 1.807) is 24.0 Å². The Morgan fingerprint density at radius 3 is 2.66 bits per heavy atom. The molecule has 0 saturated heterocycles. The fraction of sp³-hybridized carbons (Fsp3) is 0.333. The molecule has 0 saturated carbocycles. The maximum atomic E-state index is 14.2. The standard InChI is InChI=1S/C24H25FN2O2/c1-4-21(29)27-19-11-6-5-10-17(19)26-18-13-24(2,3)14-20(28)22(18)23(27)15-8-7-9-16(25)12-15/h5-12,23,26H,4,13-14H2,1-3H3/t23-/m1/s1. The van der Waals surface area contributed by atoms with Gasteiger partial charge in [0.25, 0.3) is 0 Å². The monoisotopic (exact) mass is 392 g/mol. The second-order valence-corrected chi connectivity index (χ2v) is 8.55. The van der Waals surface area contributed by atoms with Gasteiger partial charge in [0.1, 0.15) is 5.82 Å². The number of allylic oxidation sites excluding steroid dienone is 1. The normalized spacial score (nSPS) is 20.5. The number of amides is 1. The quantitative estimate of drug-likeness (QED) is 0.747. The minimum Gasteiger partial charge on any atom is -0.357 e. The molecule has 4 nitrogen and oxygen atoms in total. The molecule has 0 unspecified atom stereocenters. The van der Waals surface area contributed by atoms with Gasteiger partial charge in [0.2, 0.25) is 5.91 Å². The molecule has 1 aliphatic heterocycles. The number of benzene rings is 2. The van der Waals surface area contributed by atoms with E-state index in [2.05, 4.69) is 19.2 Å². The van der Waals surface area contributed by atoms with E-state index in [1.165, 1.54) is 12.1 Å². The topological polar surface area (TPSA) is 49.4 Å². The van der Waals surface area contributed by atoms with Crippen molar-refractivity contribution in [3.05, 3.63) is 71.2 Å². The van der Waals surface area contributed by atoms with E-state index < -0.39 is 6.04 Å². The van der Waals surface area contributed by atoms with Crippen LogP contribution in [0.2, 0.25) is 0 Å². The lowest BCUT2D eigenvalue weighted by Gasteiger charge is -2.37. The van der Waals surface area contributed by atoms with Crippen molar-refractivity contribution >= 4 is 23.1 Å². The lowest BCUT2D eigenvalue weighted by atomic mass is 9.73. The summed E-state index contributed by atoms with van der Waals surface area (Å²) in [5, 5.41) is 3.44. The van der Waals surface area contributed by atoms with E-state index in [0.29, 0.717) is 29.7 Å². The number of halogens is 1. The number of carbonyl (C=O) groups excluding carboxylic acids is 2. The first-order chi connectivity index (χ1) is 13.8. The molecule has 0 spiro atoms. The van der Waals surface area contributed by atoms with Crippen LogP contribution in [0.25, 0.3) is 0 Å². The second kappa shape index (κ2) is 7.14. The number of carbonyl (C=O) groups is 2. The number of nitrogens with one attached hydrogen (secondary N) is 1. The van der Waals surface area contributed by atoms with Gasteiger partial charge in [0.15, 0.2) is 5.78 Å². The number of ketones is 1. The largest absolute Gasteiger partial charge is 0.357 e. The summed E-state index contributed by atoms with van der Waals surface area (Å²) in [6.45, 7) is 5.94. The van der Waals surface area contributed by atoms with Gasteiger partial charge in [-0.3, -0.25) is 14.5 Å². The van der Waals surface area contributed by atoms with E-state index >= 15 is 0 Å². The Morgan fingerprint density at radius 2 is 1.93 bits per heavy atom. The smallest absolute Gasteiger partial charge is 0.227 e. The first-order valence-electron chi connectivity index (χ1n) is 10.0. The zero-order valence-corrected chi connectivity index (χ0v) is 17.0. The summed E-state index contributed by atoms with van der Waals surface area (Å²) in [6.07, 6.45) is 1.36. The molecule has 1 amide bonds. The van der Waals surface area contributed by atoms with Crippen LogP contribution in [-0.4, -0.2) is 11.7 Å². The van der Waals surface area contributed by atoms with Crippen molar-refractivity contribution in [2.75, 3.05) is 10.2 Å². The summed E-state index contributed by atoms with van der Waals surface area (Å²) in [4.78, 5) is 28.1. The molecule has 0 aromatic heterocycles. The van der Waals surface area contributed by atoms with E-state index in [-0.39, 0.29) is 29.3 Å². The molecule has 2 aliphatic rings. The summed E-state index contributed by atoms with van der Waals surface area (Å²) in [5.41, 5.74) is 3.28. The molecule has 1 atom stereocenters. The highest BCUT2D eigenvalue weighted by Crippen LogP contribution is 2.48. The maximum Gasteiger partial charge on any atom is 0.227 e. The van der Waals surface area contributed by atoms with Crippen LogP contribution in [0, 0.1) is 11.2 Å². The number of para-hydroxylation sites is 2. The van der Waals surface area contributed by atoms with Crippen LogP contribution in [0.5, 0.6) is 0 Å². The Morgan fingerprint density at radius 1 is 1.17 bits per heavy atom. The Bertz CT molecular complexity index is 1030. The first kappa shape index (κ1) is 19.4. The molecular weight excluding hydrogens is 367 g/mol. The third-order valence-electron chi connectivity index (χ3n) is 5.64. The van der Waals surface area contributed by atoms with Crippen LogP contribution in [0.3, 0.4) is 0 Å². The molecule has 150 valence electrons. The number of anilines is 2. The summed E-state index contributed by atoms with van der Waals surface area (Å²) in [7, 11) is 0. The number of nitrogens with zero attached hydrogens (tertiary/aromatic N) is 1. The van der Waals surface area contributed by atoms with Crippen LogP contribution in [-0.2, 0) is 9.59 Å². The van der Waals surface area contributed by atoms with Crippen molar-refractivity contribution in [3.8, 4) is 0 Å². The van der Waals surface area contributed by atoms with Gasteiger partial charge in [0, 0.05) is 24.1 Å². The van der Waals surface area contributed by atoms with Gasteiger partial charge in [0.05, 0.1) is 17.4 Å². The second-order valence-electron chi connectivity index (χ2n) is 8.55. The Kier molecular flexibility index (Phi) is 4.77. The van der Waals surface area contributed by atoms with Gasteiger partial charge in [-0.1, -0.05) is 45.0 Å². The fourth-order valence-electron chi connectivity index (χ4n) is 4.42. The van der Waals surface area contributed by atoms with E-state index in [9.17, 15) is 14.0 Å². The van der Waals surface area contributed by atoms with E-state index in [0.717, 1.165) is 11.4 Å². The molecule has 29 heavy (non-hydrogen) atoms. The highest BCUT2D eigenvalue weighted by Gasteiger charge is 2.42. The average molecular weight is 392 g/mol. The fourth-order valence-corrected chi connectivity index (χ4v) is 4.42. The Labute approximate surface area is 170 Å². The van der Waals surface area contributed by atoms with Gasteiger partial charge in [-0.05, 0) is 41.7 Å². The van der Waals surface area contributed by atoms with Crippen LogP contribution in [0.1, 0.15) is 51.6 Å². The first-order valence-corrected chi connectivity index (χ1v) is 10.0. The van der Waals surface area contributed by atoms with E-state index in [1.807, 2.05) is 24.3 Å². The highest BCUT2D eigenvalue weighted by molar-refractivity contribution is 6.06. The number of hydrogen-bond acceptors (Lipinski definition) is 3. The summed E-state index contributed by atoms with van der Waals surface area (Å²) >= 11 is 0. The number of rotatable bonds is 2. The maximum absolute atomic E-state index is 14.2. The number of Topliss-reactive ketones (excluding diaryl/α,β-unsaturated/α-hetero) is 1. The van der Waals surface area contributed by atoms with Gasteiger partial charge >= 0.3 is 0 Å². The van der Waals surface area contributed by atoms with Crippen LogP contribution >= 0.6 is 0 Å². The lowest BCUT2D eigenvalue weighted by Crippen LogP contribution is -2.39. The van der Waals surface area contributed by atoms with Crippen molar-refractivity contribution in [2.24, 2.45) is 5.41 Å². The molecule has 0 bridgehead atoms. The van der Waals surface area contributed by atoms with Crippen molar-refractivity contribution in [1.29, 1.82) is 0 Å². The molecule has 2 aromatic rings. The third kappa shape index (κ3) is 3.46. The van der Waals surface area contributed by atoms with E-state index in [4.69, 9.17) is 0 Å². The van der Waals surface area contributed by atoms with Gasteiger partial charge in [-0.15, -0.1) is 0 Å². The highest BCUT2D eigenvalue weighted by atomic mass is 19.1. The van der Waals surface area contributed by atoms with Crippen LogP contribution in [0.4, 0.5) is 15.8 Å². The molecule has 0 radical (unpaired) electrons. The third-order valence-corrected chi connectivity index (χ3v) is 5.64. The lowest BCUT2D eigenvalue weighted by molar-refractivity contribution is -0.119. The Balaban J connectivity index is 2.02. The SMILES string of the molecule is CCC(=O)N1c2ccccc2NC2=C(C(=O)CC(C)(C)C2)[C@H]1c1cccc(F)c1. The summed E-state index contributed by atoms with van der Waals surface area (Å²) < 4.78 is 14.2. The van der Waals surface area contributed by atoms with Gasteiger partial charge < -0.3 is 5.32 Å². The van der Waals surface area contributed by atoms with Crippen molar-refractivity contribution in [1.82, 2.24) is 0 Å². The van der Waals surface area contributed by atoms with Crippen molar-refractivity contribution < 1.29 is 14.0 Å². The van der Waals surface area contributed by atoms with Crippen LogP contribution in [0.15, 0.2) is 59.8 Å². The average Bonchev–Trinajstić information content (AvgIpc) is 2.80. The molecule has 1 N–H and O–H groups in total. The van der Waals surface area contributed by atoms with Crippen molar-refractivity contribution in [2.45, 2.75) is 46.1 Å². The minimum absolute atomic E-state index is 0.000259. The molecule has 1 aliphatic carbocycles. The number of fused-ring (bicyclic) bond motifs is 1. The number of hydrogen-bond donors (Lipinski definition) is 1. The van der Waals surface area contributed by atoms with Crippen LogP contribution < -0.4 is 10.2 Å². The minimum atomic E-state index is -0.659. The van der Waals surface area contributed by atoms with Gasteiger partial charge in [-0.2, -0.15) is 0 Å². The molecule has 1 heterocycles. The zero-order valence-electron chi connectivity index (χ0n) is 17.0. The van der Waals surface area contributed by atoms with Gasteiger partial charge in [-0.25, -0.2) is 4.39 Å². The molecule has 2 aromatic carbocycles. The summed E-state index contributed by atoms with van der Waals surface area (Å²) in [5.74, 6) is -0.498. The molecule has 4 rings (SSSR count). The summed E-state index contributed by atoms with van der Waals surface area (Å²) in [6, 6.07) is 13.1. The predicted molar refractivity (Wildman–Crippen MR) is 112 cm³/mol. The zero-order chi connectivity index (χ0) is 20.8. The Hall–Kier alpha value is -2.95. The van der Waals surface area contributed by atoms with Crippen molar-refractivity contribution in [3.63, 3.8) is 0 Å². The predicted octanol–water partition coefficient (Wildman–Crippen LogP) is 5.38. The molecular formula is C24H25FN2O2. The molecule has 0 fully saturated rings. The molecule has 5 heteroatoms.